The predicted molar refractivity (Wildman–Crippen MR) is 79.1 cm³/mol. The summed E-state index contributed by atoms with van der Waals surface area (Å²) >= 11 is 0. The average Bonchev–Trinajstić information content (AvgIpc) is 3.04. The van der Waals surface area contributed by atoms with Crippen LogP contribution in [0.5, 0.6) is 0 Å². The highest BCUT2D eigenvalue weighted by Gasteiger charge is 2.53. The Hall–Kier alpha value is -2.31. The molecule has 0 aromatic carbocycles. The minimum absolute atomic E-state index is 0.0107. The second kappa shape index (κ2) is 5.65. The summed E-state index contributed by atoms with van der Waals surface area (Å²) in [5.74, 6) is -0.855. The number of hydrogen-bond donors (Lipinski definition) is 6. The number of primary amides is 1. The molecule has 1 saturated heterocycles. The predicted octanol–water partition coefficient (Wildman–Crippen LogP) is -1.67. The van der Waals surface area contributed by atoms with E-state index in [1.54, 1.807) is 0 Å². The van der Waals surface area contributed by atoms with Crippen LogP contribution in [0.2, 0.25) is 0 Å². The van der Waals surface area contributed by atoms with Gasteiger partial charge in [0.15, 0.2) is 12.0 Å². The summed E-state index contributed by atoms with van der Waals surface area (Å²) < 4.78 is 6.82. The fourth-order valence-corrected chi connectivity index (χ4v) is 2.93. The van der Waals surface area contributed by atoms with E-state index in [9.17, 15) is 25.3 Å². The number of ether oxygens (including phenoxy) is 1. The first-order valence-corrected chi connectivity index (χ1v) is 7.05. The number of nitrogens with one attached hydrogen (secondary N) is 1. The minimum Gasteiger partial charge on any atom is -0.394 e. The SMILES string of the molecule is C[C@@]1(O)[C@H](O)[C@@H](CO)O[C@H]1n1cc(C(N)=O)c2c(NO)ncnc21. The number of anilines is 1. The van der Waals surface area contributed by atoms with E-state index >= 15 is 0 Å². The van der Waals surface area contributed by atoms with Crippen LogP contribution in [0.4, 0.5) is 5.82 Å². The summed E-state index contributed by atoms with van der Waals surface area (Å²) in [4.78, 5) is 19.6. The van der Waals surface area contributed by atoms with Crippen LogP contribution >= 0.6 is 0 Å². The molecule has 11 heteroatoms. The van der Waals surface area contributed by atoms with E-state index in [-0.39, 0.29) is 22.4 Å². The smallest absolute Gasteiger partial charge is 0.251 e. The molecule has 1 aliphatic heterocycles. The maximum atomic E-state index is 11.7. The largest absolute Gasteiger partial charge is 0.394 e. The standard InChI is InChI=1S/C13H17N5O6/c1-13(22)8(20)6(3-19)24-12(13)18-2-5(9(14)21)7-10(17-23)15-4-16-11(7)18/h2,4,6,8,12,19-20,22-23H,3H2,1H3,(H2,14,21)(H,15,16,17)/t6-,8-,12-,13-/m1/s1. The number of rotatable bonds is 4. The van der Waals surface area contributed by atoms with Gasteiger partial charge in [-0.1, -0.05) is 0 Å². The number of aliphatic hydroxyl groups is 3. The third-order valence-electron chi connectivity index (χ3n) is 4.17. The van der Waals surface area contributed by atoms with Gasteiger partial charge in [-0.25, -0.2) is 9.97 Å². The van der Waals surface area contributed by atoms with E-state index in [4.69, 9.17) is 10.5 Å². The molecule has 24 heavy (non-hydrogen) atoms. The number of nitrogens with two attached hydrogens (primary N) is 1. The first-order chi connectivity index (χ1) is 11.3. The van der Waals surface area contributed by atoms with Crippen molar-refractivity contribution >= 4 is 22.8 Å². The van der Waals surface area contributed by atoms with Gasteiger partial charge in [0.25, 0.3) is 5.91 Å². The molecule has 0 radical (unpaired) electrons. The van der Waals surface area contributed by atoms with Gasteiger partial charge in [0.1, 0.15) is 29.8 Å². The minimum atomic E-state index is -1.77. The summed E-state index contributed by atoms with van der Waals surface area (Å²) in [6.07, 6.45) is -1.11. The summed E-state index contributed by atoms with van der Waals surface area (Å²) in [7, 11) is 0. The van der Waals surface area contributed by atoms with Gasteiger partial charge in [-0.2, -0.15) is 0 Å². The van der Waals surface area contributed by atoms with Gasteiger partial charge in [0, 0.05) is 6.20 Å². The molecule has 4 atom stereocenters. The Morgan fingerprint density at radius 3 is 2.79 bits per heavy atom. The lowest BCUT2D eigenvalue weighted by atomic mass is 9.96. The van der Waals surface area contributed by atoms with Crippen LogP contribution in [-0.2, 0) is 4.74 Å². The lowest BCUT2D eigenvalue weighted by Crippen LogP contribution is -2.44. The number of fused-ring (bicyclic) bond motifs is 1. The number of aromatic nitrogens is 3. The lowest BCUT2D eigenvalue weighted by Gasteiger charge is -2.27. The zero-order valence-electron chi connectivity index (χ0n) is 12.6. The molecule has 7 N–H and O–H groups in total. The molecule has 3 rings (SSSR count). The molecule has 1 aliphatic rings. The third kappa shape index (κ3) is 2.22. The molecule has 0 bridgehead atoms. The Morgan fingerprint density at radius 2 is 2.25 bits per heavy atom. The van der Waals surface area contributed by atoms with Crippen LogP contribution in [0, 0.1) is 0 Å². The summed E-state index contributed by atoms with van der Waals surface area (Å²) in [5, 5.41) is 39.3. The van der Waals surface area contributed by atoms with Gasteiger partial charge < -0.3 is 30.4 Å². The molecule has 2 aromatic heterocycles. The van der Waals surface area contributed by atoms with Crippen LogP contribution in [0.1, 0.15) is 23.5 Å². The average molecular weight is 339 g/mol. The van der Waals surface area contributed by atoms with E-state index in [0.29, 0.717) is 0 Å². The first-order valence-electron chi connectivity index (χ1n) is 7.05. The Balaban J connectivity index is 2.23. The summed E-state index contributed by atoms with van der Waals surface area (Å²) in [6, 6.07) is 0. The van der Waals surface area contributed by atoms with Crippen LogP contribution in [0.25, 0.3) is 11.0 Å². The molecule has 0 saturated carbocycles. The second-order valence-corrected chi connectivity index (χ2v) is 5.73. The Morgan fingerprint density at radius 1 is 1.54 bits per heavy atom. The highest BCUT2D eigenvalue weighted by Crippen LogP contribution is 2.40. The maximum absolute atomic E-state index is 11.7. The number of carbonyl (C=O) groups excluding carboxylic acids is 1. The number of aliphatic hydroxyl groups excluding tert-OH is 2. The summed E-state index contributed by atoms with van der Waals surface area (Å²) in [5.41, 5.74) is 5.57. The molecule has 130 valence electrons. The zero-order valence-corrected chi connectivity index (χ0v) is 12.6. The van der Waals surface area contributed by atoms with Crippen molar-refractivity contribution in [3.05, 3.63) is 18.1 Å². The molecule has 1 amide bonds. The lowest BCUT2D eigenvalue weighted by molar-refractivity contribution is -0.0948. The molecule has 3 heterocycles. The monoisotopic (exact) mass is 339 g/mol. The van der Waals surface area contributed by atoms with Crippen LogP contribution in [0.15, 0.2) is 12.5 Å². The summed E-state index contributed by atoms with van der Waals surface area (Å²) in [6.45, 7) is 0.828. The van der Waals surface area contributed by atoms with Gasteiger partial charge in [0.05, 0.1) is 17.6 Å². The van der Waals surface area contributed by atoms with Crippen molar-refractivity contribution in [3.63, 3.8) is 0 Å². The number of amides is 1. The molecule has 0 spiro atoms. The van der Waals surface area contributed by atoms with Gasteiger partial charge >= 0.3 is 0 Å². The van der Waals surface area contributed by atoms with E-state index in [0.717, 1.165) is 6.33 Å². The van der Waals surface area contributed by atoms with Crippen LogP contribution in [0.3, 0.4) is 0 Å². The van der Waals surface area contributed by atoms with E-state index in [1.807, 2.05) is 5.48 Å². The number of hydrogen-bond acceptors (Lipinski definition) is 9. The van der Waals surface area contributed by atoms with Gasteiger partial charge in [-0.15, -0.1) is 0 Å². The maximum Gasteiger partial charge on any atom is 0.251 e. The van der Waals surface area contributed by atoms with Gasteiger partial charge in [-0.05, 0) is 6.92 Å². The first kappa shape index (κ1) is 16.5. The molecular weight excluding hydrogens is 322 g/mol. The van der Waals surface area contributed by atoms with Crippen LogP contribution < -0.4 is 11.2 Å². The Kier molecular flexibility index (Phi) is 3.89. The van der Waals surface area contributed by atoms with Crippen molar-refractivity contribution in [2.45, 2.75) is 31.0 Å². The third-order valence-corrected chi connectivity index (χ3v) is 4.17. The molecule has 0 aliphatic carbocycles. The van der Waals surface area contributed by atoms with E-state index < -0.39 is 36.6 Å². The number of carbonyl (C=O) groups is 1. The van der Waals surface area contributed by atoms with Crippen molar-refractivity contribution < 1.29 is 30.1 Å². The molecule has 1 fully saturated rings. The van der Waals surface area contributed by atoms with E-state index in [2.05, 4.69) is 9.97 Å². The number of nitrogens with zero attached hydrogens (tertiary/aromatic N) is 3. The topological polar surface area (TPSA) is 176 Å². The van der Waals surface area contributed by atoms with Crippen LogP contribution in [-0.4, -0.2) is 65.4 Å². The van der Waals surface area contributed by atoms with Crippen molar-refractivity contribution in [2.75, 3.05) is 12.1 Å². The highest BCUT2D eigenvalue weighted by atomic mass is 16.6. The second-order valence-electron chi connectivity index (χ2n) is 5.73. The van der Waals surface area contributed by atoms with Crippen molar-refractivity contribution in [3.8, 4) is 0 Å². The fraction of sp³-hybridized carbons (Fsp3) is 0.462. The Labute approximate surface area is 135 Å². The molecule has 11 nitrogen and oxygen atoms in total. The van der Waals surface area contributed by atoms with Crippen molar-refractivity contribution in [1.82, 2.24) is 14.5 Å². The highest BCUT2D eigenvalue weighted by molar-refractivity contribution is 6.09. The zero-order chi connectivity index (χ0) is 17.6. The molecular formula is C13H17N5O6. The van der Waals surface area contributed by atoms with Crippen molar-refractivity contribution in [1.29, 1.82) is 0 Å². The van der Waals surface area contributed by atoms with Gasteiger partial charge in [-0.3, -0.25) is 15.5 Å². The fourth-order valence-electron chi connectivity index (χ4n) is 2.93. The normalized spacial score (nSPS) is 30.0. The van der Waals surface area contributed by atoms with E-state index in [1.165, 1.54) is 17.7 Å². The quantitative estimate of drug-likeness (QED) is 0.356. The molecule has 0 unspecified atom stereocenters. The van der Waals surface area contributed by atoms with Crippen molar-refractivity contribution in [2.24, 2.45) is 5.73 Å². The van der Waals surface area contributed by atoms with Gasteiger partial charge in [0.2, 0.25) is 0 Å². The Bertz CT molecular complexity index is 790. The molecule has 2 aromatic rings.